The first-order valence-electron chi connectivity index (χ1n) is 10.6. The maximum atomic E-state index is 5.91. The molecule has 1 N–H and O–H groups in total. The number of rotatable bonds is 6. The monoisotopic (exact) mass is 418 g/mol. The van der Waals surface area contributed by atoms with Crippen LogP contribution in [0.15, 0.2) is 73.1 Å². The molecule has 0 spiro atoms. The largest absolute Gasteiger partial charge is 0.376 e. The molecule has 1 aromatic carbocycles. The Bertz CT molecular complexity index is 985. The van der Waals surface area contributed by atoms with E-state index >= 15 is 0 Å². The highest BCUT2D eigenvalue weighted by atomic mass is 32.1. The summed E-state index contributed by atoms with van der Waals surface area (Å²) < 4.78 is 8.25. The quantitative estimate of drug-likeness (QED) is 0.607. The lowest BCUT2D eigenvalue weighted by Crippen LogP contribution is -2.30. The normalized spacial score (nSPS) is 23.7. The van der Waals surface area contributed by atoms with E-state index < -0.39 is 0 Å². The van der Waals surface area contributed by atoms with Crippen LogP contribution in [0.3, 0.4) is 0 Å². The van der Waals surface area contributed by atoms with Crippen molar-refractivity contribution in [3.63, 3.8) is 0 Å². The van der Waals surface area contributed by atoms with Crippen molar-refractivity contribution < 1.29 is 4.74 Å². The average molecular weight is 419 g/mol. The third kappa shape index (κ3) is 3.85. The lowest BCUT2D eigenvalue weighted by atomic mass is 10.0. The van der Waals surface area contributed by atoms with Gasteiger partial charge in [0.1, 0.15) is 0 Å². The molecule has 4 heterocycles. The Balaban J connectivity index is 1.51. The smallest absolute Gasteiger partial charge is 0.170 e. The van der Waals surface area contributed by atoms with Gasteiger partial charge in [0.15, 0.2) is 5.11 Å². The van der Waals surface area contributed by atoms with Crippen molar-refractivity contribution in [1.82, 2.24) is 19.8 Å². The van der Waals surface area contributed by atoms with E-state index in [2.05, 4.69) is 68.4 Å². The first-order valence-corrected chi connectivity index (χ1v) is 11.0. The summed E-state index contributed by atoms with van der Waals surface area (Å²) in [6.45, 7) is 2.50. The van der Waals surface area contributed by atoms with Gasteiger partial charge in [-0.2, -0.15) is 0 Å². The fourth-order valence-electron chi connectivity index (χ4n) is 4.55. The van der Waals surface area contributed by atoms with Crippen LogP contribution >= 0.6 is 12.2 Å². The van der Waals surface area contributed by atoms with E-state index in [0.29, 0.717) is 0 Å². The van der Waals surface area contributed by atoms with Gasteiger partial charge in [-0.1, -0.05) is 36.4 Å². The van der Waals surface area contributed by atoms with Crippen molar-refractivity contribution in [3.05, 3.63) is 90.0 Å². The SMILES string of the molecule is S=C1N[C@H](c2ccccn2)[C@H](c2cccn2C[C@H]2CCCO2)N1Cc1ccccc1. The molecule has 2 aliphatic heterocycles. The van der Waals surface area contributed by atoms with Gasteiger partial charge in [0.05, 0.1) is 23.9 Å². The predicted molar refractivity (Wildman–Crippen MR) is 121 cm³/mol. The second-order valence-corrected chi connectivity index (χ2v) is 8.35. The fourth-order valence-corrected chi connectivity index (χ4v) is 4.85. The van der Waals surface area contributed by atoms with Crippen LogP contribution in [0.1, 0.15) is 41.9 Å². The van der Waals surface area contributed by atoms with E-state index in [1.165, 1.54) is 11.3 Å². The molecule has 30 heavy (non-hydrogen) atoms. The van der Waals surface area contributed by atoms with Gasteiger partial charge in [-0.3, -0.25) is 4.98 Å². The van der Waals surface area contributed by atoms with E-state index in [1.54, 1.807) is 0 Å². The molecule has 0 amide bonds. The van der Waals surface area contributed by atoms with Crippen molar-refractivity contribution in [3.8, 4) is 0 Å². The predicted octanol–water partition coefficient (Wildman–Crippen LogP) is 4.23. The summed E-state index contributed by atoms with van der Waals surface area (Å²) in [5.41, 5.74) is 3.49. The molecule has 0 aliphatic carbocycles. The lowest BCUT2D eigenvalue weighted by Gasteiger charge is -2.29. The van der Waals surface area contributed by atoms with Crippen LogP contribution in [0.5, 0.6) is 0 Å². The molecule has 2 fully saturated rings. The van der Waals surface area contributed by atoms with E-state index in [-0.39, 0.29) is 18.2 Å². The molecule has 0 unspecified atom stereocenters. The third-order valence-electron chi connectivity index (χ3n) is 5.99. The van der Waals surface area contributed by atoms with Crippen molar-refractivity contribution >= 4 is 17.3 Å². The number of hydrogen-bond acceptors (Lipinski definition) is 3. The van der Waals surface area contributed by atoms with E-state index in [0.717, 1.165) is 43.3 Å². The Labute approximate surface area is 182 Å². The van der Waals surface area contributed by atoms with Crippen molar-refractivity contribution in [2.75, 3.05) is 6.61 Å². The van der Waals surface area contributed by atoms with Crippen LogP contribution in [-0.4, -0.2) is 32.3 Å². The summed E-state index contributed by atoms with van der Waals surface area (Å²) in [6, 6.07) is 21.0. The van der Waals surface area contributed by atoms with Gasteiger partial charge in [-0.15, -0.1) is 0 Å². The van der Waals surface area contributed by atoms with E-state index in [9.17, 15) is 0 Å². The number of nitrogens with zero attached hydrogens (tertiary/aromatic N) is 3. The van der Waals surface area contributed by atoms with Crippen molar-refractivity contribution in [1.29, 1.82) is 0 Å². The first-order chi connectivity index (χ1) is 14.8. The summed E-state index contributed by atoms with van der Waals surface area (Å²) >= 11 is 5.81. The molecular weight excluding hydrogens is 392 g/mol. The first kappa shape index (κ1) is 19.3. The zero-order valence-electron chi connectivity index (χ0n) is 16.9. The molecule has 5 rings (SSSR count). The molecule has 6 heteroatoms. The third-order valence-corrected chi connectivity index (χ3v) is 6.34. The molecule has 0 bridgehead atoms. The van der Waals surface area contributed by atoms with Crippen LogP contribution in [0, 0.1) is 0 Å². The summed E-state index contributed by atoms with van der Waals surface area (Å²) in [5.74, 6) is 0. The number of aromatic nitrogens is 2. The summed E-state index contributed by atoms with van der Waals surface area (Å²) in [4.78, 5) is 6.94. The lowest BCUT2D eigenvalue weighted by molar-refractivity contribution is 0.0953. The second-order valence-electron chi connectivity index (χ2n) is 7.96. The molecular formula is C24H26N4OS. The highest BCUT2D eigenvalue weighted by Gasteiger charge is 2.41. The minimum Gasteiger partial charge on any atom is -0.376 e. The van der Waals surface area contributed by atoms with E-state index in [1.807, 2.05) is 24.4 Å². The maximum absolute atomic E-state index is 5.91. The van der Waals surface area contributed by atoms with Crippen LogP contribution in [0.2, 0.25) is 0 Å². The minimum atomic E-state index is 0.000517. The van der Waals surface area contributed by atoms with Gasteiger partial charge in [0.25, 0.3) is 0 Å². The topological polar surface area (TPSA) is 42.3 Å². The fraction of sp³-hybridized carbons (Fsp3) is 0.333. The maximum Gasteiger partial charge on any atom is 0.170 e. The molecule has 3 aromatic rings. The summed E-state index contributed by atoms with van der Waals surface area (Å²) in [5, 5.41) is 4.32. The molecule has 2 aliphatic rings. The van der Waals surface area contributed by atoms with Gasteiger partial charge < -0.3 is 19.5 Å². The molecule has 3 atom stereocenters. The molecule has 0 radical (unpaired) electrons. The van der Waals surface area contributed by atoms with Gasteiger partial charge in [0, 0.05) is 37.8 Å². The number of ether oxygens (including phenoxy) is 1. The van der Waals surface area contributed by atoms with Gasteiger partial charge in [-0.25, -0.2) is 0 Å². The Morgan fingerprint density at radius 3 is 2.70 bits per heavy atom. The number of pyridine rings is 1. The van der Waals surface area contributed by atoms with Crippen LogP contribution < -0.4 is 5.32 Å². The number of thiocarbonyl (C=S) groups is 1. The molecule has 2 aromatic heterocycles. The highest BCUT2D eigenvalue weighted by molar-refractivity contribution is 7.80. The minimum absolute atomic E-state index is 0.000517. The van der Waals surface area contributed by atoms with Crippen molar-refractivity contribution in [2.45, 2.75) is 44.1 Å². The Morgan fingerprint density at radius 1 is 1.07 bits per heavy atom. The zero-order valence-corrected chi connectivity index (χ0v) is 17.7. The molecule has 0 saturated carbocycles. The van der Waals surface area contributed by atoms with Crippen LogP contribution in [-0.2, 0) is 17.8 Å². The van der Waals surface area contributed by atoms with Crippen LogP contribution in [0.25, 0.3) is 0 Å². The Hall–Kier alpha value is -2.70. The number of hydrogen-bond donors (Lipinski definition) is 1. The van der Waals surface area contributed by atoms with Gasteiger partial charge >= 0.3 is 0 Å². The average Bonchev–Trinajstić information content (AvgIpc) is 3.52. The number of nitrogens with one attached hydrogen (secondary N) is 1. The Kier molecular flexibility index (Phi) is 5.51. The molecule has 154 valence electrons. The van der Waals surface area contributed by atoms with Gasteiger partial charge in [0.2, 0.25) is 0 Å². The standard InChI is InChI=1S/C24H26N4OS/c30-24-26-22(20-11-4-5-13-25-20)23(28(24)16-18-8-2-1-3-9-18)21-12-6-14-27(21)17-19-10-7-15-29-19/h1-6,8-9,11-14,19,22-23H,7,10,15-17H2,(H,26,30)/t19-,22-,23+/m1/s1. The van der Waals surface area contributed by atoms with Crippen molar-refractivity contribution in [2.24, 2.45) is 0 Å². The summed E-state index contributed by atoms with van der Waals surface area (Å²) in [6.07, 6.45) is 6.56. The molecule has 5 nitrogen and oxygen atoms in total. The zero-order chi connectivity index (χ0) is 20.3. The Morgan fingerprint density at radius 2 is 1.93 bits per heavy atom. The second kappa shape index (κ2) is 8.58. The number of benzene rings is 1. The molecule has 2 saturated heterocycles. The van der Waals surface area contributed by atoms with Crippen LogP contribution in [0.4, 0.5) is 0 Å². The highest BCUT2D eigenvalue weighted by Crippen LogP contribution is 2.39. The summed E-state index contributed by atoms with van der Waals surface area (Å²) in [7, 11) is 0. The van der Waals surface area contributed by atoms with Gasteiger partial charge in [-0.05, 0) is 54.9 Å². The van der Waals surface area contributed by atoms with E-state index in [4.69, 9.17) is 17.0 Å².